The van der Waals surface area contributed by atoms with E-state index >= 15 is 0 Å². The van der Waals surface area contributed by atoms with Crippen LogP contribution in [-0.4, -0.2) is 31.4 Å². The number of carbonyl (C=O) groups is 1. The quantitative estimate of drug-likeness (QED) is 0.832. The summed E-state index contributed by atoms with van der Waals surface area (Å²) in [6, 6.07) is 5.36. The number of amides is 1. The molecule has 4 heteroatoms. The highest BCUT2D eigenvalue weighted by atomic mass is 16.2. The maximum absolute atomic E-state index is 12.2. The van der Waals surface area contributed by atoms with Crippen molar-refractivity contribution in [2.24, 2.45) is 11.3 Å². The number of hydrogen-bond donors (Lipinski definition) is 2. The fraction of sp³-hybridized carbons (Fsp3) is 0.562. The number of nitrogens with two attached hydrogens (primary N) is 1. The lowest BCUT2D eigenvalue weighted by Gasteiger charge is -2.28. The summed E-state index contributed by atoms with van der Waals surface area (Å²) < 4.78 is 0. The summed E-state index contributed by atoms with van der Waals surface area (Å²) >= 11 is 0. The van der Waals surface area contributed by atoms with E-state index in [1.54, 1.807) is 31.1 Å². The number of carbonyl (C=O) groups excluding carboxylic acids is 1. The van der Waals surface area contributed by atoms with Gasteiger partial charge in [-0.15, -0.1) is 0 Å². The molecule has 0 aliphatic carbocycles. The SMILES string of the molecule is CC(CNc1cc(N)ccc1C(=O)N(C)C)C(C)(C)C. The fourth-order valence-corrected chi connectivity index (χ4v) is 1.70. The van der Waals surface area contributed by atoms with Crippen molar-refractivity contribution in [2.45, 2.75) is 27.7 Å². The van der Waals surface area contributed by atoms with Gasteiger partial charge in [0.1, 0.15) is 0 Å². The van der Waals surface area contributed by atoms with E-state index in [-0.39, 0.29) is 11.3 Å². The lowest BCUT2D eigenvalue weighted by atomic mass is 9.82. The molecule has 1 unspecified atom stereocenters. The van der Waals surface area contributed by atoms with E-state index < -0.39 is 0 Å². The third kappa shape index (κ3) is 4.15. The first kappa shape index (κ1) is 16.3. The molecule has 1 amide bonds. The van der Waals surface area contributed by atoms with Gasteiger partial charge in [-0.05, 0) is 29.5 Å². The second-order valence-corrected chi connectivity index (χ2v) is 6.65. The minimum atomic E-state index is -0.0177. The van der Waals surface area contributed by atoms with Crippen LogP contribution in [0.25, 0.3) is 0 Å². The predicted octanol–water partition coefficient (Wildman–Crippen LogP) is 3.06. The highest BCUT2D eigenvalue weighted by Gasteiger charge is 2.20. The smallest absolute Gasteiger partial charge is 0.255 e. The number of hydrogen-bond acceptors (Lipinski definition) is 3. The maximum atomic E-state index is 12.2. The molecule has 0 spiro atoms. The number of rotatable bonds is 4. The summed E-state index contributed by atoms with van der Waals surface area (Å²) in [5.41, 5.74) is 8.17. The molecule has 0 heterocycles. The van der Waals surface area contributed by atoms with Gasteiger partial charge in [0.25, 0.3) is 5.91 Å². The van der Waals surface area contributed by atoms with Gasteiger partial charge < -0.3 is 16.0 Å². The van der Waals surface area contributed by atoms with Crippen LogP contribution in [0.1, 0.15) is 38.1 Å². The molecule has 0 saturated carbocycles. The molecule has 4 nitrogen and oxygen atoms in total. The Morgan fingerprint density at radius 1 is 1.35 bits per heavy atom. The summed E-state index contributed by atoms with van der Waals surface area (Å²) in [6.45, 7) is 9.65. The highest BCUT2D eigenvalue weighted by Crippen LogP contribution is 2.27. The number of benzene rings is 1. The lowest BCUT2D eigenvalue weighted by Crippen LogP contribution is -2.27. The molecule has 0 aromatic heterocycles. The van der Waals surface area contributed by atoms with Gasteiger partial charge in [0.05, 0.1) is 5.56 Å². The van der Waals surface area contributed by atoms with Crippen LogP contribution in [0, 0.1) is 11.3 Å². The fourth-order valence-electron chi connectivity index (χ4n) is 1.70. The Labute approximate surface area is 122 Å². The van der Waals surface area contributed by atoms with E-state index in [4.69, 9.17) is 5.73 Å². The Balaban J connectivity index is 2.94. The number of nitrogens with one attached hydrogen (secondary N) is 1. The van der Waals surface area contributed by atoms with Crippen LogP contribution < -0.4 is 11.1 Å². The van der Waals surface area contributed by atoms with Crippen LogP contribution >= 0.6 is 0 Å². The highest BCUT2D eigenvalue weighted by molar-refractivity contribution is 6.00. The van der Waals surface area contributed by atoms with E-state index in [0.717, 1.165) is 12.2 Å². The van der Waals surface area contributed by atoms with Crippen LogP contribution in [-0.2, 0) is 0 Å². The van der Waals surface area contributed by atoms with Gasteiger partial charge in [-0.25, -0.2) is 0 Å². The van der Waals surface area contributed by atoms with Crippen molar-refractivity contribution in [3.8, 4) is 0 Å². The maximum Gasteiger partial charge on any atom is 0.255 e. The number of nitrogens with zero attached hydrogens (tertiary/aromatic N) is 1. The Kier molecular flexibility index (Phi) is 5.03. The molecule has 0 radical (unpaired) electrons. The summed E-state index contributed by atoms with van der Waals surface area (Å²) in [6.07, 6.45) is 0. The Morgan fingerprint density at radius 2 is 1.95 bits per heavy atom. The van der Waals surface area contributed by atoms with Crippen molar-refractivity contribution in [2.75, 3.05) is 31.7 Å². The zero-order valence-electron chi connectivity index (χ0n) is 13.4. The minimum absolute atomic E-state index is 0.0177. The molecule has 0 bridgehead atoms. The normalized spacial score (nSPS) is 12.9. The first-order valence-corrected chi connectivity index (χ1v) is 6.98. The molecular weight excluding hydrogens is 250 g/mol. The average Bonchev–Trinajstić information content (AvgIpc) is 2.33. The summed E-state index contributed by atoms with van der Waals surface area (Å²) in [4.78, 5) is 13.7. The van der Waals surface area contributed by atoms with Crippen LogP contribution in [0.5, 0.6) is 0 Å². The Morgan fingerprint density at radius 3 is 2.45 bits per heavy atom. The van der Waals surface area contributed by atoms with E-state index in [0.29, 0.717) is 17.2 Å². The molecule has 1 aromatic rings. The topological polar surface area (TPSA) is 58.4 Å². The van der Waals surface area contributed by atoms with Crippen LogP contribution in [0.3, 0.4) is 0 Å². The van der Waals surface area contributed by atoms with E-state index in [9.17, 15) is 4.79 Å². The molecule has 0 fully saturated rings. The van der Waals surface area contributed by atoms with E-state index in [1.165, 1.54) is 0 Å². The van der Waals surface area contributed by atoms with E-state index in [1.807, 2.05) is 6.07 Å². The van der Waals surface area contributed by atoms with Gasteiger partial charge in [-0.1, -0.05) is 27.7 Å². The second kappa shape index (κ2) is 6.16. The molecule has 1 rings (SSSR count). The van der Waals surface area contributed by atoms with Gasteiger partial charge in [0.15, 0.2) is 0 Å². The van der Waals surface area contributed by atoms with Crippen LogP contribution in [0.15, 0.2) is 18.2 Å². The molecule has 1 atom stereocenters. The van der Waals surface area contributed by atoms with Gasteiger partial charge in [-0.2, -0.15) is 0 Å². The average molecular weight is 277 g/mol. The zero-order chi connectivity index (χ0) is 15.5. The second-order valence-electron chi connectivity index (χ2n) is 6.65. The standard InChI is InChI=1S/C16H27N3O/c1-11(16(2,3)4)10-18-14-9-12(17)7-8-13(14)15(20)19(5)6/h7-9,11,18H,10,17H2,1-6H3. The van der Waals surface area contributed by atoms with Crippen molar-refractivity contribution in [3.05, 3.63) is 23.8 Å². The lowest BCUT2D eigenvalue weighted by molar-refractivity contribution is 0.0828. The Hall–Kier alpha value is -1.71. The van der Waals surface area contributed by atoms with Crippen molar-refractivity contribution in [3.63, 3.8) is 0 Å². The molecule has 1 aromatic carbocycles. The summed E-state index contributed by atoms with van der Waals surface area (Å²) in [7, 11) is 3.50. The molecular formula is C16H27N3O. The molecule has 3 N–H and O–H groups in total. The van der Waals surface area contributed by atoms with Gasteiger partial charge in [-0.3, -0.25) is 4.79 Å². The first-order chi connectivity index (χ1) is 9.12. The van der Waals surface area contributed by atoms with Crippen molar-refractivity contribution >= 4 is 17.3 Å². The number of nitrogen functional groups attached to an aromatic ring is 1. The molecule has 112 valence electrons. The van der Waals surface area contributed by atoms with E-state index in [2.05, 4.69) is 33.0 Å². The van der Waals surface area contributed by atoms with Gasteiger partial charge in [0.2, 0.25) is 0 Å². The minimum Gasteiger partial charge on any atom is -0.399 e. The first-order valence-electron chi connectivity index (χ1n) is 6.98. The Bertz CT molecular complexity index is 475. The molecule has 0 aliphatic heterocycles. The molecule has 0 saturated heterocycles. The molecule has 20 heavy (non-hydrogen) atoms. The van der Waals surface area contributed by atoms with Gasteiger partial charge in [0, 0.05) is 32.0 Å². The van der Waals surface area contributed by atoms with Crippen LogP contribution in [0.4, 0.5) is 11.4 Å². The van der Waals surface area contributed by atoms with Gasteiger partial charge >= 0.3 is 0 Å². The summed E-state index contributed by atoms with van der Waals surface area (Å²) in [5, 5.41) is 3.37. The predicted molar refractivity (Wildman–Crippen MR) is 86.0 cm³/mol. The molecule has 0 aliphatic rings. The monoisotopic (exact) mass is 277 g/mol. The van der Waals surface area contributed by atoms with Crippen molar-refractivity contribution in [1.82, 2.24) is 4.90 Å². The third-order valence-electron chi connectivity index (χ3n) is 3.76. The number of anilines is 2. The third-order valence-corrected chi connectivity index (χ3v) is 3.76. The van der Waals surface area contributed by atoms with Crippen molar-refractivity contribution < 1.29 is 4.79 Å². The van der Waals surface area contributed by atoms with Crippen molar-refractivity contribution in [1.29, 1.82) is 0 Å². The zero-order valence-corrected chi connectivity index (χ0v) is 13.4. The summed E-state index contributed by atoms with van der Waals surface area (Å²) in [5.74, 6) is 0.460. The largest absolute Gasteiger partial charge is 0.399 e. The van der Waals surface area contributed by atoms with Crippen LogP contribution in [0.2, 0.25) is 0 Å².